The monoisotopic (exact) mass is 266 g/mol. The normalized spacial score (nSPS) is 20.4. The van der Waals surface area contributed by atoms with E-state index < -0.39 is 16.7 Å². The van der Waals surface area contributed by atoms with Crippen LogP contribution in [0.15, 0.2) is 0 Å². The molecule has 1 saturated carbocycles. The zero-order valence-electron chi connectivity index (χ0n) is 10.2. The molecule has 1 aliphatic rings. The Morgan fingerprint density at radius 3 is 2.47 bits per heavy atom. The van der Waals surface area contributed by atoms with E-state index in [1.54, 1.807) is 0 Å². The van der Waals surface area contributed by atoms with E-state index in [-0.39, 0.29) is 18.2 Å². The maximum atomic E-state index is 12.0. The molecule has 0 aromatic rings. The Labute approximate surface area is 103 Å². The van der Waals surface area contributed by atoms with Gasteiger partial charge in [-0.25, -0.2) is 13.1 Å². The van der Waals surface area contributed by atoms with E-state index in [9.17, 15) is 12.8 Å². The minimum Gasteiger partial charge on any atom is -0.329 e. The topological polar surface area (TPSA) is 72.2 Å². The van der Waals surface area contributed by atoms with Crippen LogP contribution in [-0.2, 0) is 10.0 Å². The van der Waals surface area contributed by atoms with Crippen molar-refractivity contribution < 1.29 is 12.8 Å². The van der Waals surface area contributed by atoms with Crippen molar-refractivity contribution >= 4 is 10.0 Å². The molecule has 4 nitrogen and oxygen atoms in total. The Bertz CT molecular complexity index is 303. The second-order valence-electron chi connectivity index (χ2n) is 4.72. The minimum atomic E-state index is -3.37. The zero-order chi connectivity index (χ0) is 12.7. The second-order valence-corrected chi connectivity index (χ2v) is 6.59. The first-order chi connectivity index (χ1) is 8.09. The molecule has 1 atom stereocenters. The second kappa shape index (κ2) is 7.28. The summed E-state index contributed by atoms with van der Waals surface area (Å²) in [5.74, 6) is 0.195. The first-order valence-corrected chi connectivity index (χ1v) is 8.00. The van der Waals surface area contributed by atoms with Crippen LogP contribution in [0.5, 0.6) is 0 Å². The number of rotatable bonds is 7. The number of hydrogen-bond donors (Lipinski definition) is 2. The highest BCUT2D eigenvalue weighted by Crippen LogP contribution is 2.26. The highest BCUT2D eigenvalue weighted by atomic mass is 32.2. The Morgan fingerprint density at radius 2 is 1.94 bits per heavy atom. The quantitative estimate of drug-likeness (QED) is 0.726. The van der Waals surface area contributed by atoms with Crippen molar-refractivity contribution in [2.24, 2.45) is 11.7 Å². The molecule has 17 heavy (non-hydrogen) atoms. The lowest BCUT2D eigenvalue weighted by Crippen LogP contribution is -2.46. The van der Waals surface area contributed by atoms with Gasteiger partial charge in [-0.3, -0.25) is 4.39 Å². The van der Waals surface area contributed by atoms with Gasteiger partial charge in [-0.2, -0.15) is 0 Å². The zero-order valence-corrected chi connectivity index (χ0v) is 11.0. The molecule has 0 amide bonds. The summed E-state index contributed by atoms with van der Waals surface area (Å²) >= 11 is 0. The van der Waals surface area contributed by atoms with Gasteiger partial charge in [0.05, 0.1) is 12.4 Å². The predicted octanol–water partition coefficient (Wildman–Crippen LogP) is 1.17. The lowest BCUT2D eigenvalue weighted by atomic mass is 9.84. The molecule has 0 saturated heterocycles. The molecular formula is C11H23FN2O2S. The van der Waals surface area contributed by atoms with Gasteiger partial charge in [-0.1, -0.05) is 19.3 Å². The first kappa shape index (κ1) is 14.9. The highest BCUT2D eigenvalue weighted by molar-refractivity contribution is 7.89. The lowest BCUT2D eigenvalue weighted by Gasteiger charge is -2.29. The molecule has 0 aromatic heterocycles. The van der Waals surface area contributed by atoms with E-state index in [0.717, 1.165) is 25.7 Å². The third-order valence-corrected chi connectivity index (χ3v) is 4.84. The van der Waals surface area contributed by atoms with Crippen LogP contribution >= 0.6 is 0 Å². The summed E-state index contributed by atoms with van der Waals surface area (Å²) in [6.45, 7) is -0.281. The predicted molar refractivity (Wildman–Crippen MR) is 66.9 cm³/mol. The highest BCUT2D eigenvalue weighted by Gasteiger charge is 2.26. The van der Waals surface area contributed by atoms with E-state index in [1.165, 1.54) is 6.42 Å². The fourth-order valence-corrected chi connectivity index (χ4v) is 3.76. The fourth-order valence-electron chi connectivity index (χ4n) is 2.41. The van der Waals surface area contributed by atoms with E-state index in [1.807, 2.05) is 0 Å². The van der Waals surface area contributed by atoms with Crippen molar-refractivity contribution in [3.8, 4) is 0 Å². The van der Waals surface area contributed by atoms with Gasteiger partial charge in [0.1, 0.15) is 0 Å². The van der Waals surface area contributed by atoms with Gasteiger partial charge in [0.2, 0.25) is 10.0 Å². The fraction of sp³-hybridized carbons (Fsp3) is 1.00. The molecule has 3 N–H and O–H groups in total. The van der Waals surface area contributed by atoms with E-state index in [4.69, 9.17) is 5.73 Å². The molecule has 0 aromatic carbocycles. The standard InChI is InChI=1S/C11H23FN2O2S/c12-7-4-8-17(15,16)14-11(9-13)10-5-2-1-3-6-10/h10-11,14H,1-9,13H2. The van der Waals surface area contributed by atoms with Gasteiger partial charge in [0, 0.05) is 12.6 Å². The summed E-state index contributed by atoms with van der Waals surface area (Å²) in [6.07, 6.45) is 5.64. The number of nitrogens with two attached hydrogens (primary N) is 1. The van der Waals surface area contributed by atoms with Gasteiger partial charge in [-0.05, 0) is 25.2 Å². The molecule has 1 aliphatic carbocycles. The molecule has 0 aliphatic heterocycles. The number of nitrogens with one attached hydrogen (secondary N) is 1. The van der Waals surface area contributed by atoms with Crippen molar-refractivity contribution in [2.75, 3.05) is 19.0 Å². The van der Waals surface area contributed by atoms with Crippen molar-refractivity contribution in [1.82, 2.24) is 4.72 Å². The van der Waals surface area contributed by atoms with Gasteiger partial charge in [0.15, 0.2) is 0 Å². The molecule has 0 heterocycles. The maximum Gasteiger partial charge on any atom is 0.211 e. The van der Waals surface area contributed by atoms with Crippen molar-refractivity contribution in [2.45, 2.75) is 44.6 Å². The van der Waals surface area contributed by atoms with Crippen molar-refractivity contribution in [3.63, 3.8) is 0 Å². The van der Waals surface area contributed by atoms with Crippen LogP contribution in [0, 0.1) is 5.92 Å². The van der Waals surface area contributed by atoms with Crippen LogP contribution in [0.2, 0.25) is 0 Å². The number of halogens is 1. The van der Waals surface area contributed by atoms with E-state index in [0.29, 0.717) is 12.5 Å². The average Bonchev–Trinajstić information content (AvgIpc) is 2.35. The summed E-state index contributed by atoms with van der Waals surface area (Å²) in [5.41, 5.74) is 5.64. The minimum absolute atomic E-state index is 0.0529. The number of sulfonamides is 1. The smallest absolute Gasteiger partial charge is 0.211 e. The summed E-state index contributed by atoms with van der Waals surface area (Å²) < 4.78 is 37.9. The van der Waals surface area contributed by atoms with E-state index >= 15 is 0 Å². The summed E-state index contributed by atoms with van der Waals surface area (Å²) in [5, 5.41) is 0. The van der Waals surface area contributed by atoms with Crippen LogP contribution < -0.4 is 10.5 Å². The van der Waals surface area contributed by atoms with Gasteiger partial charge < -0.3 is 5.73 Å². The molecule has 102 valence electrons. The van der Waals surface area contributed by atoms with Crippen LogP contribution in [0.1, 0.15) is 38.5 Å². The average molecular weight is 266 g/mol. The van der Waals surface area contributed by atoms with Gasteiger partial charge >= 0.3 is 0 Å². The molecule has 6 heteroatoms. The summed E-state index contributed by atoms with van der Waals surface area (Å²) in [4.78, 5) is 0. The third-order valence-electron chi connectivity index (χ3n) is 3.35. The molecule has 1 unspecified atom stereocenters. The number of alkyl halides is 1. The van der Waals surface area contributed by atoms with Crippen molar-refractivity contribution in [3.05, 3.63) is 0 Å². The summed E-state index contributed by atoms with van der Waals surface area (Å²) in [7, 11) is -3.37. The Morgan fingerprint density at radius 1 is 1.29 bits per heavy atom. The van der Waals surface area contributed by atoms with Crippen LogP contribution in [0.3, 0.4) is 0 Å². The maximum absolute atomic E-state index is 12.0. The summed E-state index contributed by atoms with van der Waals surface area (Å²) in [6, 6.07) is -0.181. The molecule has 1 rings (SSSR count). The Kier molecular flexibility index (Phi) is 6.37. The molecule has 1 fully saturated rings. The van der Waals surface area contributed by atoms with Gasteiger partial charge in [-0.15, -0.1) is 0 Å². The largest absolute Gasteiger partial charge is 0.329 e. The van der Waals surface area contributed by atoms with Crippen LogP contribution in [-0.4, -0.2) is 33.4 Å². The van der Waals surface area contributed by atoms with Crippen LogP contribution in [0.25, 0.3) is 0 Å². The molecule has 0 bridgehead atoms. The Hall–Kier alpha value is -0.200. The molecule has 0 spiro atoms. The SMILES string of the molecule is NCC(NS(=O)(=O)CCCF)C1CCCCC1. The number of hydrogen-bond acceptors (Lipinski definition) is 3. The molecule has 0 radical (unpaired) electrons. The van der Waals surface area contributed by atoms with Crippen LogP contribution in [0.4, 0.5) is 4.39 Å². The third kappa shape index (κ3) is 5.31. The van der Waals surface area contributed by atoms with E-state index in [2.05, 4.69) is 4.72 Å². The van der Waals surface area contributed by atoms with Crippen molar-refractivity contribution in [1.29, 1.82) is 0 Å². The first-order valence-electron chi connectivity index (χ1n) is 6.35. The molecular weight excluding hydrogens is 243 g/mol. The Balaban J connectivity index is 2.50. The lowest BCUT2D eigenvalue weighted by molar-refractivity contribution is 0.294. The van der Waals surface area contributed by atoms with Gasteiger partial charge in [0.25, 0.3) is 0 Å².